The molecule has 0 heterocycles. The molecular weight excluding hydrogens is 412 g/mol. The van der Waals surface area contributed by atoms with E-state index < -0.39 is 11.8 Å². The van der Waals surface area contributed by atoms with Crippen LogP contribution in [0.1, 0.15) is 83.6 Å². The van der Waals surface area contributed by atoms with Crippen molar-refractivity contribution in [2.24, 2.45) is 0 Å². The third-order valence-corrected chi connectivity index (χ3v) is 5.71. The van der Waals surface area contributed by atoms with Crippen molar-refractivity contribution in [3.63, 3.8) is 0 Å². The Bertz CT molecular complexity index is 851. The van der Waals surface area contributed by atoms with E-state index in [4.69, 9.17) is 4.74 Å². The number of unbranched alkanes of at least 4 members (excludes halogenated alkanes) is 9. The first-order valence-corrected chi connectivity index (χ1v) is 12.6. The number of para-hydroxylation sites is 3. The lowest BCUT2D eigenvalue weighted by Crippen LogP contribution is -2.29. The molecule has 0 unspecified atom stereocenters. The van der Waals surface area contributed by atoms with Gasteiger partial charge in [0.2, 0.25) is 0 Å². The summed E-state index contributed by atoms with van der Waals surface area (Å²) in [6, 6.07) is 14.8. The maximum atomic E-state index is 12.5. The Hall–Kier alpha value is -2.82. The van der Waals surface area contributed by atoms with Crippen molar-refractivity contribution in [2.45, 2.75) is 84.5 Å². The molecule has 0 aliphatic heterocycles. The quantitative estimate of drug-likeness (QED) is 0.223. The third kappa shape index (κ3) is 10.1. The molecule has 0 bridgehead atoms. The molecule has 5 heteroatoms. The van der Waals surface area contributed by atoms with E-state index in [1.807, 2.05) is 37.3 Å². The molecule has 0 saturated carbocycles. The second kappa shape index (κ2) is 15.9. The van der Waals surface area contributed by atoms with Crippen molar-refractivity contribution in [2.75, 3.05) is 17.2 Å². The molecule has 0 atom stereocenters. The van der Waals surface area contributed by atoms with Gasteiger partial charge in [-0.15, -0.1) is 0 Å². The summed E-state index contributed by atoms with van der Waals surface area (Å²) in [7, 11) is 0. The molecule has 0 spiro atoms. The average molecular weight is 453 g/mol. The highest BCUT2D eigenvalue weighted by atomic mass is 16.5. The Labute approximate surface area is 199 Å². The van der Waals surface area contributed by atoms with Gasteiger partial charge in [-0.3, -0.25) is 9.59 Å². The van der Waals surface area contributed by atoms with E-state index in [1.165, 1.54) is 57.8 Å². The number of carbonyl (C=O) groups is 2. The zero-order valence-corrected chi connectivity index (χ0v) is 20.3. The Morgan fingerprint density at radius 2 is 1.18 bits per heavy atom. The number of anilines is 2. The van der Waals surface area contributed by atoms with Gasteiger partial charge in [0.25, 0.3) is 0 Å². The van der Waals surface area contributed by atoms with Gasteiger partial charge in [-0.25, -0.2) is 0 Å². The van der Waals surface area contributed by atoms with E-state index in [2.05, 4.69) is 17.6 Å². The number of hydrogen-bond donors (Lipinski definition) is 2. The second-order valence-corrected chi connectivity index (χ2v) is 8.43. The topological polar surface area (TPSA) is 67.4 Å². The Morgan fingerprint density at radius 3 is 1.82 bits per heavy atom. The number of aryl methyl sites for hydroxylation is 1. The molecule has 0 aliphatic carbocycles. The Morgan fingerprint density at radius 1 is 0.667 bits per heavy atom. The molecule has 33 heavy (non-hydrogen) atoms. The number of amides is 2. The summed E-state index contributed by atoms with van der Waals surface area (Å²) >= 11 is 0. The zero-order valence-electron chi connectivity index (χ0n) is 20.3. The van der Waals surface area contributed by atoms with E-state index in [1.54, 1.807) is 18.2 Å². The van der Waals surface area contributed by atoms with Crippen LogP contribution in [0.4, 0.5) is 11.4 Å². The molecule has 5 nitrogen and oxygen atoms in total. The zero-order chi connectivity index (χ0) is 23.7. The molecule has 0 aliphatic rings. The molecule has 2 rings (SSSR count). The summed E-state index contributed by atoms with van der Waals surface area (Å²) in [6.07, 6.45) is 13.8. The number of benzene rings is 2. The number of rotatable bonds is 15. The van der Waals surface area contributed by atoms with E-state index in [-0.39, 0.29) is 0 Å². The van der Waals surface area contributed by atoms with Crippen molar-refractivity contribution < 1.29 is 14.3 Å². The minimum atomic E-state index is -0.712. The summed E-state index contributed by atoms with van der Waals surface area (Å²) in [4.78, 5) is 25.0. The molecule has 2 aromatic carbocycles. The summed E-state index contributed by atoms with van der Waals surface area (Å²) in [6.45, 7) is 4.60. The summed E-state index contributed by atoms with van der Waals surface area (Å²) in [5.41, 5.74) is 2.25. The largest absolute Gasteiger partial charge is 0.492 e. The number of nitrogens with one attached hydrogen (secondary N) is 2. The van der Waals surface area contributed by atoms with Crippen LogP contribution in [0.25, 0.3) is 0 Å². The van der Waals surface area contributed by atoms with Crippen LogP contribution >= 0.6 is 0 Å². The first-order chi connectivity index (χ1) is 16.2. The monoisotopic (exact) mass is 452 g/mol. The number of carbonyl (C=O) groups excluding carboxylic acids is 2. The Balaban J connectivity index is 1.77. The predicted octanol–water partition coefficient (Wildman–Crippen LogP) is 7.13. The fourth-order valence-electron chi connectivity index (χ4n) is 3.87. The predicted molar refractivity (Wildman–Crippen MR) is 137 cm³/mol. The van der Waals surface area contributed by atoms with Crippen LogP contribution in [0.15, 0.2) is 48.5 Å². The highest BCUT2D eigenvalue weighted by Crippen LogP contribution is 2.24. The Kier molecular flexibility index (Phi) is 12.7. The van der Waals surface area contributed by atoms with Crippen molar-refractivity contribution in [3.05, 3.63) is 54.1 Å². The van der Waals surface area contributed by atoms with Gasteiger partial charge in [-0.05, 0) is 43.5 Å². The molecule has 0 aromatic heterocycles. The number of ether oxygens (including phenoxy) is 1. The van der Waals surface area contributed by atoms with Crippen molar-refractivity contribution >= 4 is 23.2 Å². The second-order valence-electron chi connectivity index (χ2n) is 8.43. The fraction of sp³-hybridized carbons (Fsp3) is 0.500. The first kappa shape index (κ1) is 26.4. The molecular formula is C28H40N2O3. The molecule has 0 saturated heterocycles. The lowest BCUT2D eigenvalue weighted by molar-refractivity contribution is -0.133. The van der Waals surface area contributed by atoms with Crippen molar-refractivity contribution in [1.82, 2.24) is 0 Å². The van der Waals surface area contributed by atoms with Crippen LogP contribution < -0.4 is 15.4 Å². The van der Waals surface area contributed by atoms with Gasteiger partial charge in [0.1, 0.15) is 5.75 Å². The van der Waals surface area contributed by atoms with Gasteiger partial charge >= 0.3 is 11.8 Å². The first-order valence-electron chi connectivity index (χ1n) is 12.6. The molecule has 0 radical (unpaired) electrons. The van der Waals surface area contributed by atoms with Crippen LogP contribution in [-0.4, -0.2) is 18.4 Å². The number of hydrogen-bond acceptors (Lipinski definition) is 3. The maximum absolute atomic E-state index is 12.5. The minimum absolute atomic E-state index is 0.478. The maximum Gasteiger partial charge on any atom is 0.314 e. The molecule has 180 valence electrons. The minimum Gasteiger partial charge on any atom is -0.492 e. The van der Waals surface area contributed by atoms with Crippen LogP contribution in [0.5, 0.6) is 5.75 Å². The highest BCUT2D eigenvalue weighted by molar-refractivity contribution is 6.43. The molecule has 2 amide bonds. The van der Waals surface area contributed by atoms with Crippen LogP contribution in [0.2, 0.25) is 0 Å². The summed E-state index contributed by atoms with van der Waals surface area (Å²) < 4.78 is 5.51. The lowest BCUT2D eigenvalue weighted by atomic mass is 10.0. The van der Waals surface area contributed by atoms with Crippen molar-refractivity contribution in [3.8, 4) is 5.75 Å². The fourth-order valence-corrected chi connectivity index (χ4v) is 3.87. The SMILES string of the molecule is CCCCCCCCCCCCc1ccccc1NC(=O)C(=O)Nc1ccccc1OCC. The lowest BCUT2D eigenvalue weighted by Gasteiger charge is -2.13. The van der Waals surface area contributed by atoms with E-state index in [9.17, 15) is 9.59 Å². The highest BCUT2D eigenvalue weighted by Gasteiger charge is 2.17. The standard InChI is InChI=1S/C28H40N2O3/c1-3-5-6-7-8-9-10-11-12-13-18-23-19-14-15-20-24(23)29-27(31)28(32)30-25-21-16-17-22-26(25)33-4-2/h14-17,19-22H,3-13,18H2,1-2H3,(H,29,31)(H,30,32). The third-order valence-electron chi connectivity index (χ3n) is 5.71. The van der Waals surface area contributed by atoms with Gasteiger partial charge in [0, 0.05) is 5.69 Å². The van der Waals surface area contributed by atoms with E-state index in [0.717, 1.165) is 18.4 Å². The molecule has 2 N–H and O–H groups in total. The van der Waals surface area contributed by atoms with Gasteiger partial charge in [-0.1, -0.05) is 95.0 Å². The van der Waals surface area contributed by atoms with Crippen LogP contribution in [0.3, 0.4) is 0 Å². The smallest absolute Gasteiger partial charge is 0.314 e. The van der Waals surface area contributed by atoms with Gasteiger partial charge in [-0.2, -0.15) is 0 Å². The van der Waals surface area contributed by atoms with Gasteiger partial charge in [0.05, 0.1) is 12.3 Å². The van der Waals surface area contributed by atoms with E-state index in [0.29, 0.717) is 23.7 Å². The normalized spacial score (nSPS) is 10.6. The van der Waals surface area contributed by atoms with E-state index >= 15 is 0 Å². The van der Waals surface area contributed by atoms with Gasteiger partial charge in [0.15, 0.2) is 0 Å². The summed E-state index contributed by atoms with van der Waals surface area (Å²) in [5.74, 6) is -0.852. The van der Waals surface area contributed by atoms with Crippen LogP contribution in [-0.2, 0) is 16.0 Å². The average Bonchev–Trinajstić information content (AvgIpc) is 2.82. The van der Waals surface area contributed by atoms with Gasteiger partial charge < -0.3 is 15.4 Å². The molecule has 0 fully saturated rings. The summed E-state index contributed by atoms with van der Waals surface area (Å²) in [5, 5.41) is 5.42. The van der Waals surface area contributed by atoms with Crippen molar-refractivity contribution in [1.29, 1.82) is 0 Å². The van der Waals surface area contributed by atoms with Crippen LogP contribution in [0, 0.1) is 0 Å². The molecule has 2 aromatic rings.